The van der Waals surface area contributed by atoms with Crippen LogP contribution in [0.15, 0.2) is 54.6 Å². The number of nitrogens with zero attached hydrogens (tertiary/aromatic N) is 2. The molecular weight excluding hydrogens is 354 g/mol. The SMILES string of the molecule is CN(C)c1ccc(NC(=O)c2cc([N+](=O)[O-])ccc2Cl)c2ccccc12. The van der Waals surface area contributed by atoms with Crippen molar-refractivity contribution in [3.05, 3.63) is 75.3 Å². The maximum atomic E-state index is 12.6. The van der Waals surface area contributed by atoms with Crippen LogP contribution in [0.3, 0.4) is 0 Å². The van der Waals surface area contributed by atoms with Crippen molar-refractivity contribution in [3.8, 4) is 0 Å². The summed E-state index contributed by atoms with van der Waals surface area (Å²) >= 11 is 6.06. The van der Waals surface area contributed by atoms with E-state index in [2.05, 4.69) is 5.32 Å². The summed E-state index contributed by atoms with van der Waals surface area (Å²) in [5, 5.41) is 15.8. The molecule has 7 heteroatoms. The third kappa shape index (κ3) is 3.32. The zero-order chi connectivity index (χ0) is 18.8. The van der Waals surface area contributed by atoms with E-state index >= 15 is 0 Å². The molecule has 0 radical (unpaired) electrons. The minimum atomic E-state index is -0.561. The predicted molar refractivity (Wildman–Crippen MR) is 104 cm³/mol. The fourth-order valence-electron chi connectivity index (χ4n) is 2.77. The Morgan fingerprint density at radius 1 is 1.08 bits per heavy atom. The quantitative estimate of drug-likeness (QED) is 0.533. The standard InChI is InChI=1S/C19H16ClN3O3/c1-22(2)18-10-9-17(13-5-3-4-6-14(13)18)21-19(24)15-11-12(23(25)26)7-8-16(15)20/h3-11H,1-2H3,(H,21,24). The Balaban J connectivity index is 2.02. The van der Waals surface area contributed by atoms with Crippen LogP contribution in [0, 0.1) is 10.1 Å². The highest BCUT2D eigenvalue weighted by Gasteiger charge is 2.17. The van der Waals surface area contributed by atoms with Gasteiger partial charge in [0.1, 0.15) is 0 Å². The van der Waals surface area contributed by atoms with Crippen molar-refractivity contribution in [3.63, 3.8) is 0 Å². The Bertz CT molecular complexity index is 1020. The summed E-state index contributed by atoms with van der Waals surface area (Å²) in [4.78, 5) is 25.0. The second-order valence-corrected chi connectivity index (χ2v) is 6.35. The number of halogens is 1. The number of anilines is 2. The number of amides is 1. The van der Waals surface area contributed by atoms with Crippen molar-refractivity contribution in [1.29, 1.82) is 0 Å². The van der Waals surface area contributed by atoms with Gasteiger partial charge in [-0.05, 0) is 18.2 Å². The van der Waals surface area contributed by atoms with Crippen LogP contribution in [-0.4, -0.2) is 24.9 Å². The molecular formula is C19H16ClN3O3. The molecule has 26 heavy (non-hydrogen) atoms. The lowest BCUT2D eigenvalue weighted by atomic mass is 10.1. The molecule has 1 amide bonds. The van der Waals surface area contributed by atoms with Crippen LogP contribution in [0.2, 0.25) is 5.02 Å². The monoisotopic (exact) mass is 369 g/mol. The lowest BCUT2D eigenvalue weighted by Crippen LogP contribution is -2.14. The van der Waals surface area contributed by atoms with E-state index in [9.17, 15) is 14.9 Å². The Kier molecular flexibility index (Phi) is 4.77. The number of benzene rings is 3. The maximum Gasteiger partial charge on any atom is 0.270 e. The number of nitro benzene ring substituents is 1. The molecule has 0 aromatic heterocycles. The fourth-order valence-corrected chi connectivity index (χ4v) is 2.98. The van der Waals surface area contributed by atoms with Gasteiger partial charge in [-0.25, -0.2) is 0 Å². The second kappa shape index (κ2) is 7.01. The lowest BCUT2D eigenvalue weighted by Gasteiger charge is -2.18. The van der Waals surface area contributed by atoms with Gasteiger partial charge in [-0.2, -0.15) is 0 Å². The van der Waals surface area contributed by atoms with Gasteiger partial charge in [-0.3, -0.25) is 14.9 Å². The topological polar surface area (TPSA) is 75.5 Å². The zero-order valence-corrected chi connectivity index (χ0v) is 14.9. The first-order valence-corrected chi connectivity index (χ1v) is 8.20. The maximum absolute atomic E-state index is 12.6. The Morgan fingerprint density at radius 2 is 1.77 bits per heavy atom. The number of carbonyl (C=O) groups is 1. The van der Waals surface area contributed by atoms with Crippen molar-refractivity contribution < 1.29 is 9.72 Å². The highest BCUT2D eigenvalue weighted by molar-refractivity contribution is 6.34. The largest absolute Gasteiger partial charge is 0.377 e. The van der Waals surface area contributed by atoms with E-state index in [0.717, 1.165) is 16.5 Å². The number of carbonyl (C=O) groups excluding carboxylic acids is 1. The Morgan fingerprint density at radius 3 is 2.42 bits per heavy atom. The molecule has 0 aliphatic rings. The van der Waals surface area contributed by atoms with Crippen molar-refractivity contribution in [2.24, 2.45) is 0 Å². The third-order valence-corrected chi connectivity index (χ3v) is 4.37. The van der Waals surface area contributed by atoms with Crippen LogP contribution in [0.1, 0.15) is 10.4 Å². The number of hydrogen-bond donors (Lipinski definition) is 1. The summed E-state index contributed by atoms with van der Waals surface area (Å²) in [5.41, 5.74) is 1.50. The Labute approximate surface area is 155 Å². The number of hydrogen-bond acceptors (Lipinski definition) is 4. The second-order valence-electron chi connectivity index (χ2n) is 5.95. The van der Waals surface area contributed by atoms with Crippen molar-refractivity contribution >= 4 is 45.3 Å². The summed E-state index contributed by atoms with van der Waals surface area (Å²) in [6.07, 6.45) is 0. The van der Waals surface area contributed by atoms with E-state index < -0.39 is 10.8 Å². The van der Waals surface area contributed by atoms with E-state index in [1.807, 2.05) is 49.3 Å². The molecule has 0 aliphatic heterocycles. The highest BCUT2D eigenvalue weighted by Crippen LogP contribution is 2.32. The van der Waals surface area contributed by atoms with Gasteiger partial charge in [0.2, 0.25) is 0 Å². The van der Waals surface area contributed by atoms with Gasteiger partial charge in [0.25, 0.3) is 11.6 Å². The van der Waals surface area contributed by atoms with Crippen LogP contribution < -0.4 is 10.2 Å². The van der Waals surface area contributed by atoms with Crippen LogP contribution in [0.25, 0.3) is 10.8 Å². The van der Waals surface area contributed by atoms with Gasteiger partial charge in [0, 0.05) is 48.4 Å². The predicted octanol–water partition coefficient (Wildman–Crippen LogP) is 4.72. The summed E-state index contributed by atoms with van der Waals surface area (Å²) in [7, 11) is 3.89. The summed E-state index contributed by atoms with van der Waals surface area (Å²) in [5.74, 6) is -0.499. The average Bonchev–Trinajstić information content (AvgIpc) is 2.61. The normalized spacial score (nSPS) is 10.6. The number of nitrogens with one attached hydrogen (secondary N) is 1. The molecule has 0 bridgehead atoms. The third-order valence-electron chi connectivity index (χ3n) is 4.04. The Hall–Kier alpha value is -3.12. The minimum absolute atomic E-state index is 0.0571. The molecule has 3 aromatic carbocycles. The fraction of sp³-hybridized carbons (Fsp3) is 0.105. The van der Waals surface area contributed by atoms with E-state index in [1.165, 1.54) is 18.2 Å². The minimum Gasteiger partial charge on any atom is -0.377 e. The summed E-state index contributed by atoms with van der Waals surface area (Å²) < 4.78 is 0. The van der Waals surface area contributed by atoms with E-state index in [1.54, 1.807) is 6.07 Å². The number of nitro groups is 1. The van der Waals surface area contributed by atoms with Crippen LogP contribution in [0.5, 0.6) is 0 Å². The average molecular weight is 370 g/mol. The molecule has 0 heterocycles. The molecule has 0 saturated carbocycles. The van der Waals surface area contributed by atoms with Crippen LogP contribution in [-0.2, 0) is 0 Å². The first kappa shape index (κ1) is 17.7. The molecule has 0 spiro atoms. The molecule has 0 atom stereocenters. The summed E-state index contributed by atoms with van der Waals surface area (Å²) in [6.45, 7) is 0. The van der Waals surface area contributed by atoms with Gasteiger partial charge < -0.3 is 10.2 Å². The number of rotatable bonds is 4. The molecule has 132 valence electrons. The van der Waals surface area contributed by atoms with Crippen LogP contribution in [0.4, 0.5) is 17.1 Å². The van der Waals surface area contributed by atoms with Gasteiger partial charge in [0.05, 0.1) is 15.5 Å². The van der Waals surface area contributed by atoms with E-state index in [4.69, 9.17) is 11.6 Å². The van der Waals surface area contributed by atoms with Gasteiger partial charge in [0.15, 0.2) is 0 Å². The van der Waals surface area contributed by atoms with E-state index in [-0.39, 0.29) is 16.3 Å². The number of non-ortho nitro benzene ring substituents is 1. The summed E-state index contributed by atoms with van der Waals surface area (Å²) in [6, 6.07) is 15.2. The molecule has 6 nitrogen and oxygen atoms in total. The first-order chi connectivity index (χ1) is 12.4. The van der Waals surface area contributed by atoms with Crippen molar-refractivity contribution in [2.75, 3.05) is 24.3 Å². The van der Waals surface area contributed by atoms with Gasteiger partial charge in [-0.15, -0.1) is 0 Å². The highest BCUT2D eigenvalue weighted by atomic mass is 35.5. The zero-order valence-electron chi connectivity index (χ0n) is 14.2. The van der Waals surface area contributed by atoms with Crippen LogP contribution >= 0.6 is 11.6 Å². The van der Waals surface area contributed by atoms with Gasteiger partial charge >= 0.3 is 0 Å². The lowest BCUT2D eigenvalue weighted by molar-refractivity contribution is -0.384. The molecule has 3 aromatic rings. The molecule has 0 unspecified atom stereocenters. The van der Waals surface area contributed by atoms with Crippen molar-refractivity contribution in [2.45, 2.75) is 0 Å². The number of fused-ring (bicyclic) bond motifs is 1. The molecule has 0 saturated heterocycles. The van der Waals surface area contributed by atoms with Crippen molar-refractivity contribution in [1.82, 2.24) is 0 Å². The molecule has 3 rings (SSSR count). The van der Waals surface area contributed by atoms with E-state index in [0.29, 0.717) is 5.69 Å². The van der Waals surface area contributed by atoms with Gasteiger partial charge in [-0.1, -0.05) is 35.9 Å². The first-order valence-electron chi connectivity index (χ1n) is 7.83. The molecule has 0 aliphatic carbocycles. The smallest absolute Gasteiger partial charge is 0.270 e. The molecule has 0 fully saturated rings. The molecule has 1 N–H and O–H groups in total.